The van der Waals surface area contributed by atoms with Gasteiger partial charge in [-0.2, -0.15) is 0 Å². The highest BCUT2D eigenvalue weighted by atomic mass is 32.1. The lowest BCUT2D eigenvalue weighted by molar-refractivity contribution is 0.122. The van der Waals surface area contributed by atoms with Gasteiger partial charge in [0.15, 0.2) is 0 Å². The summed E-state index contributed by atoms with van der Waals surface area (Å²) in [4.78, 5) is 18.9. The molecule has 2 atom stereocenters. The zero-order valence-corrected chi connectivity index (χ0v) is 18.6. The Balaban J connectivity index is 1.39. The molecule has 4 heterocycles. The second-order valence-electron chi connectivity index (χ2n) is 8.46. The van der Waals surface area contributed by atoms with E-state index in [1.165, 1.54) is 23.5 Å². The van der Waals surface area contributed by atoms with Gasteiger partial charge in [0.2, 0.25) is 0 Å². The predicted molar refractivity (Wildman–Crippen MR) is 123 cm³/mol. The van der Waals surface area contributed by atoms with Crippen molar-refractivity contribution in [2.75, 3.05) is 49.2 Å². The van der Waals surface area contributed by atoms with E-state index in [0.29, 0.717) is 11.8 Å². The van der Waals surface area contributed by atoms with Crippen LogP contribution in [0.3, 0.4) is 0 Å². The molecule has 0 bridgehead atoms. The maximum absolute atomic E-state index is 5.49. The molecule has 5 rings (SSSR count). The molecule has 0 amide bonds. The van der Waals surface area contributed by atoms with Crippen LogP contribution >= 0.6 is 11.3 Å². The summed E-state index contributed by atoms with van der Waals surface area (Å²) in [6.07, 6.45) is 4.16. The Morgan fingerprint density at radius 1 is 1.13 bits per heavy atom. The fourth-order valence-electron chi connectivity index (χ4n) is 4.69. The number of anilines is 2. The standard InChI is InChI=1S/C23H29N5OS/c1-16-14-30-23(26-16)17(2)18-4-3-7-28(13-18)22-20-6-5-19(12-21(20)24-15-25-22)27-8-10-29-11-9-27/h5-6,12,14-15,17-18H,3-4,7-11,13H2,1-2H3. The van der Waals surface area contributed by atoms with E-state index in [0.717, 1.165) is 61.8 Å². The molecular weight excluding hydrogens is 394 g/mol. The maximum atomic E-state index is 5.49. The molecule has 2 unspecified atom stereocenters. The van der Waals surface area contributed by atoms with Crippen molar-refractivity contribution in [3.63, 3.8) is 0 Å². The minimum Gasteiger partial charge on any atom is -0.378 e. The summed E-state index contributed by atoms with van der Waals surface area (Å²) < 4.78 is 5.49. The van der Waals surface area contributed by atoms with Crippen LogP contribution in [0.4, 0.5) is 11.5 Å². The van der Waals surface area contributed by atoms with E-state index in [1.807, 2.05) is 0 Å². The molecule has 0 spiro atoms. The topological polar surface area (TPSA) is 54.4 Å². The lowest BCUT2D eigenvalue weighted by Gasteiger charge is -2.36. The van der Waals surface area contributed by atoms with Crippen molar-refractivity contribution in [3.8, 4) is 0 Å². The largest absolute Gasteiger partial charge is 0.378 e. The van der Waals surface area contributed by atoms with Crippen LogP contribution in [0.15, 0.2) is 29.9 Å². The van der Waals surface area contributed by atoms with Crippen molar-refractivity contribution in [2.24, 2.45) is 5.92 Å². The number of ether oxygens (including phenoxy) is 1. The quantitative estimate of drug-likeness (QED) is 0.625. The maximum Gasteiger partial charge on any atom is 0.139 e. The molecule has 2 aliphatic rings. The first-order valence-corrected chi connectivity index (χ1v) is 11.8. The number of hydrogen-bond donors (Lipinski definition) is 0. The van der Waals surface area contributed by atoms with E-state index < -0.39 is 0 Å². The Kier molecular flexibility index (Phi) is 5.56. The molecule has 158 valence electrons. The molecular formula is C23H29N5OS. The van der Waals surface area contributed by atoms with E-state index in [-0.39, 0.29) is 0 Å². The van der Waals surface area contributed by atoms with Gasteiger partial charge >= 0.3 is 0 Å². The number of rotatable bonds is 4. The molecule has 2 fully saturated rings. The van der Waals surface area contributed by atoms with Crippen molar-refractivity contribution in [1.29, 1.82) is 0 Å². The summed E-state index contributed by atoms with van der Waals surface area (Å²) >= 11 is 1.80. The summed E-state index contributed by atoms with van der Waals surface area (Å²) in [6.45, 7) is 9.95. The van der Waals surface area contributed by atoms with E-state index in [2.05, 4.69) is 52.2 Å². The van der Waals surface area contributed by atoms with Gasteiger partial charge in [-0.05, 0) is 43.9 Å². The minimum atomic E-state index is 0.479. The fraction of sp³-hybridized carbons (Fsp3) is 0.522. The van der Waals surface area contributed by atoms with Crippen LogP contribution in [0.5, 0.6) is 0 Å². The summed E-state index contributed by atoms with van der Waals surface area (Å²) in [5.41, 5.74) is 3.38. The summed E-state index contributed by atoms with van der Waals surface area (Å²) in [5, 5.41) is 4.58. The average Bonchev–Trinajstić information content (AvgIpc) is 3.24. The van der Waals surface area contributed by atoms with E-state index in [4.69, 9.17) is 14.7 Å². The van der Waals surface area contributed by atoms with Gasteiger partial charge in [0.05, 0.1) is 23.7 Å². The number of thiazole rings is 1. The third kappa shape index (κ3) is 3.88. The van der Waals surface area contributed by atoms with Gasteiger partial charge in [-0.3, -0.25) is 0 Å². The van der Waals surface area contributed by atoms with Gasteiger partial charge in [-0.15, -0.1) is 11.3 Å². The lowest BCUT2D eigenvalue weighted by Crippen LogP contribution is -2.38. The molecule has 0 aliphatic carbocycles. The lowest BCUT2D eigenvalue weighted by atomic mass is 9.87. The van der Waals surface area contributed by atoms with Gasteiger partial charge in [0, 0.05) is 54.2 Å². The second kappa shape index (κ2) is 8.47. The summed E-state index contributed by atoms with van der Waals surface area (Å²) in [5.74, 6) is 2.15. The van der Waals surface area contributed by atoms with Crippen molar-refractivity contribution in [1.82, 2.24) is 15.0 Å². The van der Waals surface area contributed by atoms with Crippen LogP contribution in [0.2, 0.25) is 0 Å². The predicted octanol–water partition coefficient (Wildman–Crippen LogP) is 4.25. The Hall–Kier alpha value is -2.25. The number of aromatic nitrogens is 3. The minimum absolute atomic E-state index is 0.479. The molecule has 0 radical (unpaired) electrons. The van der Waals surface area contributed by atoms with Gasteiger partial charge in [0.25, 0.3) is 0 Å². The molecule has 1 aromatic carbocycles. The Morgan fingerprint density at radius 3 is 2.80 bits per heavy atom. The highest BCUT2D eigenvalue weighted by molar-refractivity contribution is 7.09. The molecule has 0 saturated carbocycles. The third-order valence-electron chi connectivity index (χ3n) is 6.47. The van der Waals surface area contributed by atoms with Crippen LogP contribution in [0.1, 0.15) is 36.4 Å². The van der Waals surface area contributed by atoms with Crippen LogP contribution in [0, 0.1) is 12.8 Å². The Labute approximate surface area is 181 Å². The zero-order valence-electron chi connectivity index (χ0n) is 17.8. The number of morpholine rings is 1. The SMILES string of the molecule is Cc1csc(C(C)C2CCCN(c3ncnc4cc(N5CCOCC5)ccc34)C2)n1. The van der Waals surface area contributed by atoms with Crippen molar-refractivity contribution < 1.29 is 4.74 Å². The zero-order chi connectivity index (χ0) is 20.5. The van der Waals surface area contributed by atoms with Crippen molar-refractivity contribution >= 4 is 33.7 Å². The number of aryl methyl sites for hydroxylation is 1. The van der Waals surface area contributed by atoms with E-state index in [9.17, 15) is 0 Å². The first-order chi connectivity index (χ1) is 14.7. The number of piperidine rings is 1. The molecule has 2 saturated heterocycles. The highest BCUT2D eigenvalue weighted by Gasteiger charge is 2.28. The molecule has 2 aromatic heterocycles. The van der Waals surface area contributed by atoms with Crippen LogP contribution in [0.25, 0.3) is 10.9 Å². The number of hydrogen-bond acceptors (Lipinski definition) is 7. The summed E-state index contributed by atoms with van der Waals surface area (Å²) in [7, 11) is 0. The van der Waals surface area contributed by atoms with Gasteiger partial charge in [-0.1, -0.05) is 6.92 Å². The Bertz CT molecular complexity index is 1020. The van der Waals surface area contributed by atoms with Crippen molar-refractivity contribution in [2.45, 2.75) is 32.6 Å². The Morgan fingerprint density at radius 2 is 2.00 bits per heavy atom. The number of fused-ring (bicyclic) bond motifs is 1. The molecule has 30 heavy (non-hydrogen) atoms. The number of nitrogens with zero attached hydrogens (tertiary/aromatic N) is 5. The number of benzene rings is 1. The highest BCUT2D eigenvalue weighted by Crippen LogP contribution is 2.36. The third-order valence-corrected chi connectivity index (χ3v) is 7.63. The van der Waals surface area contributed by atoms with Crippen LogP contribution in [-0.4, -0.2) is 54.3 Å². The normalized spacial score (nSPS) is 21.2. The van der Waals surface area contributed by atoms with E-state index >= 15 is 0 Å². The molecule has 6 nitrogen and oxygen atoms in total. The van der Waals surface area contributed by atoms with Crippen molar-refractivity contribution in [3.05, 3.63) is 40.6 Å². The average molecular weight is 424 g/mol. The van der Waals surface area contributed by atoms with Crippen LogP contribution < -0.4 is 9.80 Å². The second-order valence-corrected chi connectivity index (χ2v) is 9.35. The van der Waals surface area contributed by atoms with Gasteiger partial charge in [-0.25, -0.2) is 15.0 Å². The van der Waals surface area contributed by atoms with E-state index in [1.54, 1.807) is 17.7 Å². The summed E-state index contributed by atoms with van der Waals surface area (Å²) in [6, 6.07) is 6.61. The van der Waals surface area contributed by atoms with Crippen LogP contribution in [-0.2, 0) is 4.74 Å². The first-order valence-electron chi connectivity index (χ1n) is 10.9. The molecule has 2 aliphatic heterocycles. The molecule has 3 aromatic rings. The van der Waals surface area contributed by atoms with Gasteiger partial charge in [0.1, 0.15) is 12.1 Å². The molecule has 7 heteroatoms. The fourth-order valence-corrected chi connectivity index (χ4v) is 5.64. The molecule has 0 N–H and O–H groups in total. The van der Waals surface area contributed by atoms with Gasteiger partial charge < -0.3 is 14.5 Å². The first kappa shape index (κ1) is 19.7. The smallest absolute Gasteiger partial charge is 0.139 e. The monoisotopic (exact) mass is 423 g/mol.